The molecule has 2 aromatic carbocycles. The second kappa shape index (κ2) is 6.57. The second-order valence-corrected chi connectivity index (χ2v) is 6.83. The molecule has 2 aliphatic rings. The normalized spacial score (nSPS) is 34.1. The van der Waals surface area contributed by atoms with Crippen molar-refractivity contribution >= 4 is 22.6 Å². The number of aliphatic hydroxyl groups excluding tert-OH is 4. The summed E-state index contributed by atoms with van der Waals surface area (Å²) in [7, 11) is 0. The van der Waals surface area contributed by atoms with Crippen molar-refractivity contribution in [2.24, 2.45) is 5.92 Å². The van der Waals surface area contributed by atoms with Gasteiger partial charge in [-0.1, -0.05) is 36.4 Å². The van der Waals surface area contributed by atoms with Gasteiger partial charge in [0.25, 0.3) is 0 Å². The molecule has 0 spiro atoms. The first-order valence-electron chi connectivity index (χ1n) is 8.57. The van der Waals surface area contributed by atoms with Crippen LogP contribution in [0.4, 0.5) is 0 Å². The van der Waals surface area contributed by atoms with Crippen LogP contribution in [0.25, 0.3) is 16.8 Å². The van der Waals surface area contributed by atoms with Crippen LogP contribution in [0.3, 0.4) is 0 Å². The Labute approximate surface area is 150 Å². The maximum absolute atomic E-state index is 13.0. The van der Waals surface area contributed by atoms with Crippen LogP contribution >= 0.6 is 0 Å². The number of ketones is 1. The lowest BCUT2D eigenvalue weighted by Gasteiger charge is -2.42. The maximum Gasteiger partial charge on any atom is 0.173 e. The molecule has 1 fully saturated rings. The Balaban J connectivity index is 1.70. The highest BCUT2D eigenvalue weighted by molar-refractivity contribution is 6.08. The average molecular weight is 356 g/mol. The first-order chi connectivity index (χ1) is 12.5. The molecule has 0 saturated carbocycles. The van der Waals surface area contributed by atoms with E-state index in [0.717, 1.165) is 16.3 Å². The van der Waals surface area contributed by atoms with Crippen LogP contribution in [0.2, 0.25) is 0 Å². The van der Waals surface area contributed by atoms with Gasteiger partial charge in [-0.25, -0.2) is 0 Å². The summed E-state index contributed by atoms with van der Waals surface area (Å²) >= 11 is 0. The zero-order valence-electron chi connectivity index (χ0n) is 13.9. The molecule has 4 N–H and O–H groups in total. The van der Waals surface area contributed by atoms with Gasteiger partial charge in [-0.3, -0.25) is 4.79 Å². The van der Waals surface area contributed by atoms with Crippen molar-refractivity contribution in [2.45, 2.75) is 30.5 Å². The molecule has 0 aromatic heterocycles. The zero-order chi connectivity index (χ0) is 18.4. The van der Waals surface area contributed by atoms with Gasteiger partial charge in [0.1, 0.15) is 30.5 Å². The van der Waals surface area contributed by atoms with E-state index in [2.05, 4.69) is 0 Å². The third-order valence-corrected chi connectivity index (χ3v) is 5.25. The number of aliphatic hydroxyl groups is 4. The number of hydrogen-bond donors (Lipinski definition) is 4. The van der Waals surface area contributed by atoms with Gasteiger partial charge in [0, 0.05) is 5.56 Å². The van der Waals surface area contributed by atoms with Crippen LogP contribution in [0.5, 0.6) is 0 Å². The Morgan fingerprint density at radius 3 is 2.35 bits per heavy atom. The summed E-state index contributed by atoms with van der Waals surface area (Å²) in [5, 5.41) is 41.5. The molecule has 2 unspecified atom stereocenters. The van der Waals surface area contributed by atoms with Gasteiger partial charge in [0.2, 0.25) is 0 Å². The van der Waals surface area contributed by atoms with Crippen molar-refractivity contribution in [2.75, 3.05) is 6.61 Å². The Kier molecular flexibility index (Phi) is 4.38. The van der Waals surface area contributed by atoms with Gasteiger partial charge in [-0.2, -0.15) is 0 Å². The van der Waals surface area contributed by atoms with Crippen molar-refractivity contribution < 1.29 is 30.0 Å². The minimum atomic E-state index is -1.50. The van der Waals surface area contributed by atoms with E-state index in [1.165, 1.54) is 0 Å². The number of ether oxygens (including phenoxy) is 1. The largest absolute Gasteiger partial charge is 0.394 e. The summed E-state index contributed by atoms with van der Waals surface area (Å²) in [5.41, 5.74) is 1.31. The van der Waals surface area contributed by atoms with Crippen LogP contribution in [0.15, 0.2) is 42.5 Å². The minimum absolute atomic E-state index is 0.224. The highest BCUT2D eigenvalue weighted by Gasteiger charge is 2.48. The van der Waals surface area contributed by atoms with E-state index < -0.39 is 43.0 Å². The Morgan fingerprint density at radius 1 is 0.962 bits per heavy atom. The molecular weight excluding hydrogens is 336 g/mol. The lowest BCUT2D eigenvalue weighted by Crippen LogP contribution is -2.61. The summed E-state index contributed by atoms with van der Waals surface area (Å²) in [6.07, 6.45) is -3.00. The predicted molar refractivity (Wildman–Crippen MR) is 94.6 cm³/mol. The molecule has 6 heteroatoms. The Morgan fingerprint density at radius 2 is 1.65 bits per heavy atom. The fourth-order valence-corrected chi connectivity index (χ4v) is 3.77. The number of carbonyl (C=O) groups excluding carboxylic acids is 1. The fraction of sp³-hybridized carbons (Fsp3) is 0.350. The van der Waals surface area contributed by atoms with Crippen LogP contribution in [-0.2, 0) is 4.74 Å². The molecule has 26 heavy (non-hydrogen) atoms. The van der Waals surface area contributed by atoms with Crippen molar-refractivity contribution in [3.8, 4) is 0 Å². The number of hydrogen-bond acceptors (Lipinski definition) is 6. The standard InChI is InChI=1S/C20H20O6/c21-9-15-17(23)18(24)19(25)20(26-15)13-6-5-12-7-10-3-1-2-4-11(10)8-14(12)16(13)22/h1-8,13,15,17-21,23-25H,9H2/t13?,15-,17-,18+,19-,20?/m1/s1. The molecule has 2 aromatic rings. The molecule has 6 atom stereocenters. The van der Waals surface area contributed by atoms with E-state index in [0.29, 0.717) is 5.56 Å². The SMILES string of the molecule is O=C1c2cc3ccccc3cc2C=CC1C1O[C@H](CO)[C@@H](O)[C@H](O)[C@H]1O. The fourth-order valence-electron chi connectivity index (χ4n) is 3.77. The third-order valence-electron chi connectivity index (χ3n) is 5.25. The van der Waals surface area contributed by atoms with Crippen LogP contribution < -0.4 is 0 Å². The molecule has 0 bridgehead atoms. The van der Waals surface area contributed by atoms with Gasteiger partial charge in [-0.05, 0) is 28.5 Å². The van der Waals surface area contributed by atoms with Crippen molar-refractivity contribution in [1.82, 2.24) is 0 Å². The molecule has 0 amide bonds. The average Bonchev–Trinajstić information content (AvgIpc) is 2.66. The van der Waals surface area contributed by atoms with Crippen LogP contribution in [-0.4, -0.2) is 63.3 Å². The van der Waals surface area contributed by atoms with Crippen molar-refractivity contribution in [1.29, 1.82) is 0 Å². The van der Waals surface area contributed by atoms with E-state index in [1.54, 1.807) is 12.2 Å². The highest BCUT2D eigenvalue weighted by atomic mass is 16.5. The van der Waals surface area contributed by atoms with Crippen molar-refractivity contribution in [3.63, 3.8) is 0 Å². The molecule has 1 aliphatic heterocycles. The zero-order valence-corrected chi connectivity index (χ0v) is 13.9. The van der Waals surface area contributed by atoms with Crippen LogP contribution in [0.1, 0.15) is 15.9 Å². The summed E-state index contributed by atoms with van der Waals surface area (Å²) in [6.45, 7) is -0.521. The van der Waals surface area contributed by atoms with Crippen LogP contribution in [0, 0.1) is 5.92 Å². The quantitative estimate of drug-likeness (QED) is 0.625. The highest BCUT2D eigenvalue weighted by Crippen LogP contribution is 2.34. The monoisotopic (exact) mass is 356 g/mol. The maximum atomic E-state index is 13.0. The lowest BCUT2D eigenvalue weighted by molar-refractivity contribution is -0.233. The Bertz CT molecular complexity index is 874. The number of Topliss-reactive ketones (excluding diaryl/α,β-unsaturated/α-hetero) is 1. The Hall–Kier alpha value is -2.09. The minimum Gasteiger partial charge on any atom is -0.394 e. The van der Waals surface area contributed by atoms with Crippen molar-refractivity contribution in [3.05, 3.63) is 53.6 Å². The molecule has 1 heterocycles. The molecule has 6 nitrogen and oxygen atoms in total. The summed E-state index contributed by atoms with van der Waals surface area (Å²) in [5.74, 6) is -1.03. The number of fused-ring (bicyclic) bond motifs is 2. The molecule has 4 rings (SSSR count). The second-order valence-electron chi connectivity index (χ2n) is 6.83. The summed E-state index contributed by atoms with van der Waals surface area (Å²) in [4.78, 5) is 13.0. The smallest absolute Gasteiger partial charge is 0.173 e. The van der Waals surface area contributed by atoms with Gasteiger partial charge >= 0.3 is 0 Å². The first-order valence-corrected chi connectivity index (χ1v) is 8.57. The lowest BCUT2D eigenvalue weighted by atomic mass is 9.79. The number of carbonyl (C=O) groups is 1. The van der Waals surface area contributed by atoms with Gasteiger partial charge in [0.05, 0.1) is 12.5 Å². The van der Waals surface area contributed by atoms with Gasteiger partial charge in [-0.15, -0.1) is 0 Å². The molecule has 0 radical (unpaired) electrons. The molecule has 1 aliphatic carbocycles. The van der Waals surface area contributed by atoms with Gasteiger partial charge in [0.15, 0.2) is 5.78 Å². The molecular formula is C20H20O6. The topological polar surface area (TPSA) is 107 Å². The summed E-state index contributed by atoms with van der Waals surface area (Å²) in [6, 6.07) is 11.5. The first kappa shape index (κ1) is 17.3. The number of rotatable bonds is 2. The predicted octanol–water partition coefficient (Wildman–Crippen LogP) is 0.508. The summed E-state index contributed by atoms with van der Waals surface area (Å²) < 4.78 is 5.56. The van der Waals surface area contributed by atoms with E-state index in [9.17, 15) is 25.2 Å². The van der Waals surface area contributed by atoms with E-state index in [-0.39, 0.29) is 5.78 Å². The molecule has 136 valence electrons. The van der Waals surface area contributed by atoms with E-state index in [1.807, 2.05) is 36.4 Å². The van der Waals surface area contributed by atoms with Gasteiger partial charge < -0.3 is 25.2 Å². The third kappa shape index (κ3) is 2.67. The van der Waals surface area contributed by atoms with E-state index >= 15 is 0 Å². The number of benzene rings is 2. The molecule has 1 saturated heterocycles. The van der Waals surface area contributed by atoms with E-state index in [4.69, 9.17) is 4.74 Å².